The molecule has 0 aliphatic heterocycles. The van der Waals surface area contributed by atoms with E-state index in [0.717, 1.165) is 23.2 Å². The molecular weight excluding hydrogens is 242 g/mol. The maximum atomic E-state index is 11.7. The van der Waals surface area contributed by atoms with E-state index in [0.29, 0.717) is 11.3 Å². The summed E-state index contributed by atoms with van der Waals surface area (Å²) >= 11 is 0. The number of nitrogen functional groups attached to an aromatic ring is 1. The summed E-state index contributed by atoms with van der Waals surface area (Å²) in [6.07, 6.45) is 2.55. The van der Waals surface area contributed by atoms with Gasteiger partial charge in [-0.2, -0.15) is 5.10 Å². The zero-order valence-electron chi connectivity index (χ0n) is 11.3. The van der Waals surface area contributed by atoms with Crippen molar-refractivity contribution in [2.45, 2.75) is 13.3 Å². The smallest absolute Gasteiger partial charge is 0.339 e. The van der Waals surface area contributed by atoms with Crippen molar-refractivity contribution < 1.29 is 9.53 Å². The predicted molar refractivity (Wildman–Crippen MR) is 73.8 cm³/mol. The van der Waals surface area contributed by atoms with Crippen LogP contribution in [0.2, 0.25) is 0 Å². The molecule has 0 atom stereocenters. The molecule has 2 N–H and O–H groups in total. The van der Waals surface area contributed by atoms with Crippen LogP contribution in [0.4, 0.5) is 5.69 Å². The number of ether oxygens (including phenoxy) is 1. The van der Waals surface area contributed by atoms with Gasteiger partial charge in [-0.05, 0) is 30.2 Å². The van der Waals surface area contributed by atoms with Crippen LogP contribution in [0.1, 0.15) is 22.8 Å². The van der Waals surface area contributed by atoms with Crippen LogP contribution in [0.25, 0.3) is 11.3 Å². The van der Waals surface area contributed by atoms with E-state index >= 15 is 0 Å². The van der Waals surface area contributed by atoms with Crippen LogP contribution >= 0.6 is 0 Å². The molecule has 1 aromatic heterocycles. The first kappa shape index (κ1) is 13.1. The van der Waals surface area contributed by atoms with Crippen LogP contribution in [0.15, 0.2) is 24.4 Å². The molecule has 100 valence electrons. The van der Waals surface area contributed by atoms with Gasteiger partial charge in [0.2, 0.25) is 0 Å². The SMILES string of the molecule is CCc1cc(N)c(C(=O)OC)cc1-c1ccnn1C. The molecule has 0 fully saturated rings. The van der Waals surface area contributed by atoms with Crippen LogP contribution in [0.3, 0.4) is 0 Å². The van der Waals surface area contributed by atoms with E-state index in [9.17, 15) is 4.79 Å². The summed E-state index contributed by atoms with van der Waals surface area (Å²) in [5.41, 5.74) is 9.71. The number of carbonyl (C=O) groups excluding carboxylic acids is 1. The van der Waals surface area contributed by atoms with Gasteiger partial charge in [0, 0.05) is 24.5 Å². The molecule has 0 saturated heterocycles. The predicted octanol–water partition coefficient (Wildman–Crippen LogP) is 2.02. The lowest BCUT2D eigenvalue weighted by atomic mass is 9.98. The molecule has 2 aromatic rings. The molecule has 0 aliphatic carbocycles. The van der Waals surface area contributed by atoms with Crippen molar-refractivity contribution in [3.05, 3.63) is 35.5 Å². The number of esters is 1. The van der Waals surface area contributed by atoms with Gasteiger partial charge in [-0.1, -0.05) is 6.92 Å². The Morgan fingerprint density at radius 3 is 2.74 bits per heavy atom. The van der Waals surface area contributed by atoms with Crippen molar-refractivity contribution in [2.75, 3.05) is 12.8 Å². The summed E-state index contributed by atoms with van der Waals surface area (Å²) in [6, 6.07) is 5.51. The molecule has 0 saturated carbocycles. The third kappa shape index (κ3) is 2.31. The van der Waals surface area contributed by atoms with Crippen molar-refractivity contribution in [1.82, 2.24) is 9.78 Å². The number of aryl methyl sites for hydroxylation is 2. The Hall–Kier alpha value is -2.30. The second-order valence-electron chi connectivity index (χ2n) is 4.28. The van der Waals surface area contributed by atoms with Gasteiger partial charge in [0.25, 0.3) is 0 Å². The molecule has 2 rings (SSSR count). The summed E-state index contributed by atoms with van der Waals surface area (Å²) in [6.45, 7) is 2.05. The van der Waals surface area contributed by atoms with Crippen LogP contribution < -0.4 is 5.73 Å². The Balaban J connectivity index is 2.65. The quantitative estimate of drug-likeness (QED) is 0.676. The van der Waals surface area contributed by atoms with E-state index in [-0.39, 0.29) is 0 Å². The number of carbonyl (C=O) groups is 1. The summed E-state index contributed by atoms with van der Waals surface area (Å²) in [5.74, 6) is -0.427. The Labute approximate surface area is 112 Å². The number of nitrogens with zero attached hydrogens (tertiary/aromatic N) is 2. The topological polar surface area (TPSA) is 70.1 Å². The van der Waals surface area contributed by atoms with E-state index in [1.54, 1.807) is 16.9 Å². The Bertz CT molecular complexity index is 617. The van der Waals surface area contributed by atoms with Gasteiger partial charge in [0.05, 0.1) is 18.4 Å². The highest BCUT2D eigenvalue weighted by Gasteiger charge is 2.16. The molecule has 5 heteroatoms. The molecule has 0 radical (unpaired) electrons. The summed E-state index contributed by atoms with van der Waals surface area (Å²) < 4.78 is 6.52. The lowest BCUT2D eigenvalue weighted by molar-refractivity contribution is 0.0602. The van der Waals surface area contributed by atoms with Crippen LogP contribution in [0.5, 0.6) is 0 Å². The first-order valence-corrected chi connectivity index (χ1v) is 6.07. The number of anilines is 1. The first-order valence-electron chi connectivity index (χ1n) is 6.07. The Kier molecular flexibility index (Phi) is 3.55. The highest BCUT2D eigenvalue weighted by molar-refractivity contribution is 5.97. The number of rotatable bonds is 3. The Morgan fingerprint density at radius 2 is 2.21 bits per heavy atom. The van der Waals surface area contributed by atoms with Gasteiger partial charge < -0.3 is 10.5 Å². The Morgan fingerprint density at radius 1 is 1.47 bits per heavy atom. The van der Waals surface area contributed by atoms with E-state index in [1.165, 1.54) is 7.11 Å². The lowest BCUT2D eigenvalue weighted by Crippen LogP contribution is -2.08. The van der Waals surface area contributed by atoms with Crippen LogP contribution in [-0.2, 0) is 18.2 Å². The molecule has 0 amide bonds. The molecular formula is C14H17N3O2. The number of hydrogen-bond donors (Lipinski definition) is 1. The number of benzene rings is 1. The molecule has 0 bridgehead atoms. The third-order valence-electron chi connectivity index (χ3n) is 3.16. The summed E-state index contributed by atoms with van der Waals surface area (Å²) in [4.78, 5) is 11.7. The number of hydrogen-bond acceptors (Lipinski definition) is 4. The minimum absolute atomic E-state index is 0.385. The van der Waals surface area contributed by atoms with Crippen LogP contribution in [0, 0.1) is 0 Å². The molecule has 0 unspecified atom stereocenters. The molecule has 5 nitrogen and oxygen atoms in total. The fourth-order valence-corrected chi connectivity index (χ4v) is 2.12. The van der Waals surface area contributed by atoms with Gasteiger partial charge in [-0.15, -0.1) is 0 Å². The largest absolute Gasteiger partial charge is 0.465 e. The fraction of sp³-hybridized carbons (Fsp3) is 0.286. The maximum absolute atomic E-state index is 11.7. The molecule has 19 heavy (non-hydrogen) atoms. The summed E-state index contributed by atoms with van der Waals surface area (Å²) in [7, 11) is 3.21. The van der Waals surface area contributed by atoms with Gasteiger partial charge in [-0.3, -0.25) is 4.68 Å². The summed E-state index contributed by atoms with van der Waals surface area (Å²) in [5, 5.41) is 4.15. The van der Waals surface area contributed by atoms with Crippen molar-refractivity contribution in [3.8, 4) is 11.3 Å². The second-order valence-corrected chi connectivity index (χ2v) is 4.28. The first-order chi connectivity index (χ1) is 9.08. The standard InChI is InChI=1S/C14H17N3O2/c1-4-9-7-12(15)11(14(18)19-3)8-10(9)13-5-6-16-17(13)2/h5-8H,4,15H2,1-3H3. The van der Waals surface area contributed by atoms with Gasteiger partial charge >= 0.3 is 5.97 Å². The van der Waals surface area contributed by atoms with E-state index in [4.69, 9.17) is 10.5 Å². The van der Waals surface area contributed by atoms with E-state index in [2.05, 4.69) is 5.10 Å². The lowest BCUT2D eigenvalue weighted by Gasteiger charge is -2.12. The van der Waals surface area contributed by atoms with Crippen LogP contribution in [-0.4, -0.2) is 22.9 Å². The highest BCUT2D eigenvalue weighted by Crippen LogP contribution is 2.28. The second kappa shape index (κ2) is 5.14. The van der Waals surface area contributed by atoms with E-state index < -0.39 is 5.97 Å². The van der Waals surface area contributed by atoms with E-state index in [1.807, 2.05) is 26.1 Å². The minimum atomic E-state index is -0.427. The number of nitrogens with two attached hydrogens (primary N) is 1. The molecule has 1 heterocycles. The molecule has 0 spiro atoms. The van der Waals surface area contributed by atoms with Crippen molar-refractivity contribution >= 4 is 11.7 Å². The van der Waals surface area contributed by atoms with Gasteiger partial charge in [0.1, 0.15) is 0 Å². The van der Waals surface area contributed by atoms with Gasteiger partial charge in [-0.25, -0.2) is 4.79 Å². The van der Waals surface area contributed by atoms with Crippen molar-refractivity contribution in [2.24, 2.45) is 7.05 Å². The molecule has 1 aromatic carbocycles. The molecule has 0 aliphatic rings. The number of aromatic nitrogens is 2. The zero-order chi connectivity index (χ0) is 14.0. The van der Waals surface area contributed by atoms with Crippen molar-refractivity contribution in [3.63, 3.8) is 0 Å². The average molecular weight is 259 g/mol. The average Bonchev–Trinajstić information content (AvgIpc) is 2.83. The maximum Gasteiger partial charge on any atom is 0.339 e. The number of methoxy groups -OCH3 is 1. The fourth-order valence-electron chi connectivity index (χ4n) is 2.12. The zero-order valence-corrected chi connectivity index (χ0v) is 11.3. The highest BCUT2D eigenvalue weighted by atomic mass is 16.5. The normalized spacial score (nSPS) is 10.5. The van der Waals surface area contributed by atoms with Gasteiger partial charge in [0.15, 0.2) is 0 Å². The minimum Gasteiger partial charge on any atom is -0.465 e. The van der Waals surface area contributed by atoms with Crippen molar-refractivity contribution in [1.29, 1.82) is 0 Å². The third-order valence-corrected chi connectivity index (χ3v) is 3.16. The monoisotopic (exact) mass is 259 g/mol.